The fourth-order valence-corrected chi connectivity index (χ4v) is 1.42. The van der Waals surface area contributed by atoms with E-state index in [2.05, 4.69) is 10.1 Å². The molecule has 0 aliphatic heterocycles. The van der Waals surface area contributed by atoms with Crippen molar-refractivity contribution in [2.45, 2.75) is 6.92 Å². The lowest BCUT2D eigenvalue weighted by atomic mass is 10.3. The highest BCUT2D eigenvalue weighted by molar-refractivity contribution is 5.86. The number of hydrogen-bond acceptors (Lipinski definition) is 4. The maximum Gasteiger partial charge on any atom is 0.330 e. The SMILES string of the molecule is CCOC(=O)/C=C/c1cnn(-c2ccncc2)c1. The van der Waals surface area contributed by atoms with Crippen molar-refractivity contribution in [1.29, 1.82) is 0 Å². The van der Waals surface area contributed by atoms with Gasteiger partial charge in [0.05, 0.1) is 18.5 Å². The Hall–Kier alpha value is -2.43. The van der Waals surface area contributed by atoms with Crippen LogP contribution in [0.1, 0.15) is 12.5 Å². The summed E-state index contributed by atoms with van der Waals surface area (Å²) in [5.41, 5.74) is 1.75. The molecule has 92 valence electrons. The lowest BCUT2D eigenvalue weighted by Crippen LogP contribution is -1.98. The number of hydrogen-bond donors (Lipinski definition) is 0. The highest BCUT2D eigenvalue weighted by Crippen LogP contribution is 2.07. The second-order valence-corrected chi connectivity index (χ2v) is 3.51. The van der Waals surface area contributed by atoms with Gasteiger partial charge in [0.1, 0.15) is 0 Å². The van der Waals surface area contributed by atoms with E-state index in [1.807, 2.05) is 18.3 Å². The molecule has 0 saturated carbocycles. The summed E-state index contributed by atoms with van der Waals surface area (Å²) in [5, 5.41) is 4.20. The molecule has 0 unspecified atom stereocenters. The molecule has 0 N–H and O–H groups in total. The van der Waals surface area contributed by atoms with Crippen molar-refractivity contribution in [1.82, 2.24) is 14.8 Å². The largest absolute Gasteiger partial charge is 0.463 e. The van der Waals surface area contributed by atoms with Crippen LogP contribution in [-0.2, 0) is 9.53 Å². The number of rotatable bonds is 4. The van der Waals surface area contributed by atoms with Gasteiger partial charge >= 0.3 is 5.97 Å². The van der Waals surface area contributed by atoms with Crippen LogP contribution in [0.5, 0.6) is 0 Å². The molecule has 0 aliphatic carbocycles. The second-order valence-electron chi connectivity index (χ2n) is 3.51. The van der Waals surface area contributed by atoms with E-state index in [4.69, 9.17) is 4.74 Å². The van der Waals surface area contributed by atoms with Gasteiger partial charge in [-0.1, -0.05) is 0 Å². The molecule has 2 rings (SSSR count). The Bertz CT molecular complexity index is 546. The third-order valence-electron chi connectivity index (χ3n) is 2.23. The molecule has 2 aromatic heterocycles. The van der Waals surface area contributed by atoms with Gasteiger partial charge in [0.25, 0.3) is 0 Å². The van der Waals surface area contributed by atoms with Crippen LogP contribution in [0.25, 0.3) is 11.8 Å². The molecule has 0 amide bonds. The average Bonchev–Trinajstić information content (AvgIpc) is 2.87. The fraction of sp³-hybridized carbons (Fsp3) is 0.154. The Morgan fingerprint density at radius 3 is 2.94 bits per heavy atom. The summed E-state index contributed by atoms with van der Waals surface area (Å²) in [6.45, 7) is 2.15. The fourth-order valence-electron chi connectivity index (χ4n) is 1.42. The molecule has 0 fully saturated rings. The van der Waals surface area contributed by atoms with Crippen molar-refractivity contribution in [2.75, 3.05) is 6.61 Å². The Morgan fingerprint density at radius 2 is 2.22 bits per heavy atom. The number of pyridine rings is 1. The molecule has 0 aromatic carbocycles. The summed E-state index contributed by atoms with van der Waals surface area (Å²) in [7, 11) is 0. The lowest BCUT2D eigenvalue weighted by Gasteiger charge is -1.97. The zero-order valence-electron chi connectivity index (χ0n) is 9.98. The van der Waals surface area contributed by atoms with E-state index >= 15 is 0 Å². The maximum atomic E-state index is 11.1. The van der Waals surface area contributed by atoms with Crippen molar-refractivity contribution in [3.63, 3.8) is 0 Å². The van der Waals surface area contributed by atoms with Gasteiger partial charge in [-0.15, -0.1) is 0 Å². The minimum absolute atomic E-state index is 0.353. The van der Waals surface area contributed by atoms with E-state index < -0.39 is 0 Å². The van der Waals surface area contributed by atoms with Gasteiger partial charge in [0.15, 0.2) is 0 Å². The Morgan fingerprint density at radius 1 is 1.44 bits per heavy atom. The van der Waals surface area contributed by atoms with E-state index in [0.717, 1.165) is 11.3 Å². The summed E-state index contributed by atoms with van der Waals surface area (Å²) in [6.07, 6.45) is 9.96. The van der Waals surface area contributed by atoms with Gasteiger partial charge in [0.2, 0.25) is 0 Å². The maximum absolute atomic E-state index is 11.1. The summed E-state index contributed by atoms with van der Waals surface area (Å²) < 4.78 is 6.51. The molecule has 0 aliphatic rings. The van der Waals surface area contributed by atoms with Crippen LogP contribution in [0.3, 0.4) is 0 Å². The quantitative estimate of drug-likeness (QED) is 0.607. The predicted octanol–water partition coefficient (Wildman–Crippen LogP) is 1.84. The van der Waals surface area contributed by atoms with Gasteiger partial charge in [-0.05, 0) is 25.1 Å². The average molecular weight is 243 g/mol. The number of nitrogens with zero attached hydrogens (tertiary/aromatic N) is 3. The molecule has 2 aromatic rings. The van der Waals surface area contributed by atoms with E-state index in [-0.39, 0.29) is 5.97 Å². The highest BCUT2D eigenvalue weighted by Gasteiger charge is 1.99. The Balaban J connectivity index is 2.09. The van der Waals surface area contributed by atoms with E-state index in [9.17, 15) is 4.79 Å². The zero-order chi connectivity index (χ0) is 12.8. The van der Waals surface area contributed by atoms with Crippen LogP contribution >= 0.6 is 0 Å². The van der Waals surface area contributed by atoms with E-state index in [1.54, 1.807) is 36.3 Å². The molecule has 5 heteroatoms. The van der Waals surface area contributed by atoms with Crippen molar-refractivity contribution in [3.8, 4) is 5.69 Å². The van der Waals surface area contributed by atoms with Gasteiger partial charge < -0.3 is 4.74 Å². The van der Waals surface area contributed by atoms with Crippen LogP contribution in [0.15, 0.2) is 43.0 Å². The molecule has 0 radical (unpaired) electrons. The summed E-state index contributed by atoms with van der Waals surface area (Å²) >= 11 is 0. The minimum atomic E-state index is -0.353. The third-order valence-corrected chi connectivity index (χ3v) is 2.23. The smallest absolute Gasteiger partial charge is 0.330 e. The molecule has 0 saturated heterocycles. The molecule has 0 spiro atoms. The normalized spacial score (nSPS) is 10.7. The van der Waals surface area contributed by atoms with Crippen molar-refractivity contribution in [3.05, 3.63) is 48.6 Å². The van der Waals surface area contributed by atoms with Crippen LogP contribution < -0.4 is 0 Å². The van der Waals surface area contributed by atoms with Crippen molar-refractivity contribution < 1.29 is 9.53 Å². The molecule has 0 bridgehead atoms. The first kappa shape index (κ1) is 12.0. The van der Waals surface area contributed by atoms with Crippen molar-refractivity contribution >= 4 is 12.0 Å². The monoisotopic (exact) mass is 243 g/mol. The minimum Gasteiger partial charge on any atom is -0.463 e. The van der Waals surface area contributed by atoms with Gasteiger partial charge in [0, 0.05) is 30.2 Å². The van der Waals surface area contributed by atoms with Crippen LogP contribution in [0.2, 0.25) is 0 Å². The molecular formula is C13H13N3O2. The van der Waals surface area contributed by atoms with Gasteiger partial charge in [-0.25, -0.2) is 9.48 Å². The van der Waals surface area contributed by atoms with E-state index in [0.29, 0.717) is 6.61 Å². The number of aromatic nitrogens is 3. The second kappa shape index (κ2) is 5.77. The Labute approximate surface area is 105 Å². The highest BCUT2D eigenvalue weighted by atomic mass is 16.5. The number of ether oxygens (including phenoxy) is 1. The molecular weight excluding hydrogens is 230 g/mol. The van der Waals surface area contributed by atoms with Gasteiger partial charge in [-0.3, -0.25) is 4.98 Å². The first-order valence-electron chi connectivity index (χ1n) is 5.59. The Kier molecular flexibility index (Phi) is 3.86. The third kappa shape index (κ3) is 3.04. The number of carbonyl (C=O) groups is 1. The zero-order valence-corrected chi connectivity index (χ0v) is 9.98. The number of carbonyl (C=O) groups excluding carboxylic acids is 1. The van der Waals surface area contributed by atoms with Crippen molar-refractivity contribution in [2.24, 2.45) is 0 Å². The molecule has 18 heavy (non-hydrogen) atoms. The number of esters is 1. The molecule has 2 heterocycles. The van der Waals surface area contributed by atoms with Crippen LogP contribution in [-0.4, -0.2) is 27.3 Å². The summed E-state index contributed by atoms with van der Waals surface area (Å²) in [5.74, 6) is -0.353. The summed E-state index contributed by atoms with van der Waals surface area (Å²) in [4.78, 5) is 15.1. The first-order valence-corrected chi connectivity index (χ1v) is 5.59. The predicted molar refractivity (Wildman–Crippen MR) is 67.0 cm³/mol. The first-order chi connectivity index (χ1) is 8.79. The summed E-state index contributed by atoms with van der Waals surface area (Å²) in [6, 6.07) is 3.71. The van der Waals surface area contributed by atoms with E-state index in [1.165, 1.54) is 6.08 Å². The van der Waals surface area contributed by atoms with Gasteiger partial charge in [-0.2, -0.15) is 5.10 Å². The lowest BCUT2D eigenvalue weighted by molar-refractivity contribution is -0.137. The van der Waals surface area contributed by atoms with Crippen LogP contribution in [0.4, 0.5) is 0 Å². The molecule has 5 nitrogen and oxygen atoms in total. The standard InChI is InChI=1S/C13H13N3O2/c1-2-18-13(17)4-3-11-9-15-16(10-11)12-5-7-14-8-6-12/h3-10H,2H2,1H3/b4-3+. The molecule has 0 atom stereocenters. The topological polar surface area (TPSA) is 57.0 Å². The van der Waals surface area contributed by atoms with Crippen LogP contribution in [0, 0.1) is 0 Å².